The first kappa shape index (κ1) is 8.23. The number of rotatable bonds is 0. The van der Waals surface area contributed by atoms with Crippen LogP contribution in [0.4, 0.5) is 0 Å². The molecule has 0 radical (unpaired) electrons. The highest BCUT2D eigenvalue weighted by molar-refractivity contribution is 8.33. The SMILES string of the molecule is O=S=S1C=C(Cl)c2ccccc21. The maximum atomic E-state index is 10.7. The van der Waals surface area contributed by atoms with Crippen LogP contribution >= 0.6 is 11.6 Å². The molecule has 4 heteroatoms. The van der Waals surface area contributed by atoms with Crippen molar-refractivity contribution in [1.82, 2.24) is 0 Å². The molecule has 2 rings (SSSR count). The summed E-state index contributed by atoms with van der Waals surface area (Å²) in [6.07, 6.45) is 0. The highest BCUT2D eigenvalue weighted by Gasteiger charge is 2.15. The second kappa shape index (κ2) is 3.17. The maximum absolute atomic E-state index is 10.7. The molecule has 1 unspecified atom stereocenters. The highest BCUT2D eigenvalue weighted by Crippen LogP contribution is 2.33. The van der Waals surface area contributed by atoms with Crippen LogP contribution < -0.4 is 0 Å². The molecule has 0 saturated heterocycles. The van der Waals surface area contributed by atoms with Crippen LogP contribution in [0.2, 0.25) is 0 Å². The zero-order valence-corrected chi connectivity index (χ0v) is 8.38. The third-order valence-electron chi connectivity index (χ3n) is 1.64. The Balaban J connectivity index is 2.76. The van der Waals surface area contributed by atoms with Gasteiger partial charge in [0.15, 0.2) is 0 Å². The number of hydrogen-bond donors (Lipinski definition) is 0. The van der Waals surface area contributed by atoms with Crippen molar-refractivity contribution in [3.63, 3.8) is 0 Å². The number of halogens is 1. The van der Waals surface area contributed by atoms with Crippen LogP contribution in [0.15, 0.2) is 34.6 Å². The molecule has 0 amide bonds. The van der Waals surface area contributed by atoms with Gasteiger partial charge >= 0.3 is 0 Å². The molecule has 1 aliphatic rings. The van der Waals surface area contributed by atoms with Gasteiger partial charge in [0.1, 0.15) is 10.2 Å². The van der Waals surface area contributed by atoms with E-state index in [1.807, 2.05) is 29.7 Å². The van der Waals surface area contributed by atoms with E-state index in [0.29, 0.717) is 15.3 Å². The first-order valence-electron chi connectivity index (χ1n) is 3.33. The Hall–Kier alpha value is -0.380. The number of benzene rings is 1. The summed E-state index contributed by atoms with van der Waals surface area (Å²) in [6, 6.07) is 7.75. The van der Waals surface area contributed by atoms with Crippen molar-refractivity contribution in [3.8, 4) is 0 Å². The molecule has 1 aromatic carbocycles. The predicted molar refractivity (Wildman–Crippen MR) is 54.0 cm³/mol. The molecule has 0 aliphatic carbocycles. The summed E-state index contributed by atoms with van der Waals surface area (Å²) in [7, 11) is 0.224. The predicted octanol–water partition coefficient (Wildman–Crippen LogP) is 2.34. The number of fused-ring (bicyclic) bond motifs is 1. The lowest BCUT2D eigenvalue weighted by atomic mass is 10.2. The van der Waals surface area contributed by atoms with Crippen molar-refractivity contribution >= 4 is 36.3 Å². The van der Waals surface area contributed by atoms with Gasteiger partial charge in [-0.25, -0.2) is 4.21 Å². The summed E-state index contributed by atoms with van der Waals surface area (Å²) in [5.41, 5.74) is 1.01. The summed E-state index contributed by atoms with van der Waals surface area (Å²) in [5.74, 6) is 0. The zero-order valence-electron chi connectivity index (χ0n) is 5.99. The minimum absolute atomic E-state index is 0.372. The second-order valence-corrected chi connectivity index (χ2v) is 5.63. The molecule has 0 spiro atoms. The fourth-order valence-electron chi connectivity index (χ4n) is 1.12. The topological polar surface area (TPSA) is 17.1 Å². The smallest absolute Gasteiger partial charge is 0.129 e. The van der Waals surface area contributed by atoms with Gasteiger partial charge in [-0.15, -0.1) is 0 Å². The van der Waals surface area contributed by atoms with Crippen molar-refractivity contribution in [1.29, 1.82) is 0 Å². The summed E-state index contributed by atoms with van der Waals surface area (Å²) >= 11 is 5.93. The maximum Gasteiger partial charge on any atom is 0.129 e. The van der Waals surface area contributed by atoms with Gasteiger partial charge in [-0.05, 0) is 15.5 Å². The van der Waals surface area contributed by atoms with E-state index in [1.165, 1.54) is 0 Å². The molecule has 1 heterocycles. The largest absolute Gasteiger partial charge is 0.205 e. The van der Waals surface area contributed by atoms with Crippen LogP contribution in [0, 0.1) is 0 Å². The van der Waals surface area contributed by atoms with Crippen molar-refractivity contribution in [3.05, 3.63) is 35.2 Å². The normalized spacial score (nSPS) is 20.1. The first-order valence-corrected chi connectivity index (χ1v) is 6.25. The van der Waals surface area contributed by atoms with E-state index in [0.717, 1.165) is 10.5 Å². The lowest BCUT2D eigenvalue weighted by molar-refractivity contribution is 0.701. The van der Waals surface area contributed by atoms with Gasteiger partial charge in [-0.1, -0.05) is 29.8 Å². The Labute approximate surface area is 80.7 Å². The summed E-state index contributed by atoms with van der Waals surface area (Å²) in [5, 5.41) is 2.53. The molecule has 1 aromatic rings. The average molecular weight is 217 g/mol. The van der Waals surface area contributed by atoms with E-state index >= 15 is 0 Å². The molecule has 1 atom stereocenters. The van der Waals surface area contributed by atoms with Crippen LogP contribution in [0.1, 0.15) is 5.56 Å². The molecule has 1 nitrogen and oxygen atoms in total. The van der Waals surface area contributed by atoms with E-state index in [-0.39, 0.29) is 9.45 Å². The molecule has 0 saturated carbocycles. The standard InChI is InChI=1S/C8H5ClOS2/c9-7-5-12(11-10)8-4-2-1-3-6(7)8/h1-5H. The van der Waals surface area contributed by atoms with E-state index in [1.54, 1.807) is 0 Å². The van der Waals surface area contributed by atoms with E-state index in [2.05, 4.69) is 0 Å². The van der Waals surface area contributed by atoms with Crippen LogP contribution in [-0.2, 0) is 19.7 Å². The van der Waals surface area contributed by atoms with E-state index < -0.39 is 0 Å². The van der Waals surface area contributed by atoms with Gasteiger partial charge in [0.05, 0.1) is 5.03 Å². The monoisotopic (exact) mass is 216 g/mol. The van der Waals surface area contributed by atoms with Gasteiger partial charge in [-0.2, -0.15) is 0 Å². The quantitative estimate of drug-likeness (QED) is 0.651. The lowest BCUT2D eigenvalue weighted by Crippen LogP contribution is -1.82. The molecule has 12 heavy (non-hydrogen) atoms. The van der Waals surface area contributed by atoms with Crippen LogP contribution in [-0.4, -0.2) is 4.21 Å². The van der Waals surface area contributed by atoms with Crippen LogP contribution in [0.3, 0.4) is 0 Å². The molecule has 0 aromatic heterocycles. The third kappa shape index (κ3) is 1.18. The number of hydrogen-bond acceptors (Lipinski definition) is 1. The van der Waals surface area contributed by atoms with Crippen molar-refractivity contribution in [2.75, 3.05) is 0 Å². The Morgan fingerprint density at radius 1 is 1.33 bits per heavy atom. The zero-order chi connectivity index (χ0) is 8.55. The van der Waals surface area contributed by atoms with Gasteiger partial charge in [0, 0.05) is 15.9 Å². The molecular formula is C8H5ClOS2. The fourth-order valence-corrected chi connectivity index (χ4v) is 3.99. The lowest BCUT2D eigenvalue weighted by Gasteiger charge is -1.96. The average Bonchev–Trinajstić information content (AvgIpc) is 2.44. The summed E-state index contributed by atoms with van der Waals surface area (Å²) < 4.78 is 10.7. The van der Waals surface area contributed by atoms with Gasteiger partial charge < -0.3 is 0 Å². The first-order chi connectivity index (χ1) is 5.83. The van der Waals surface area contributed by atoms with Gasteiger partial charge in [0.2, 0.25) is 0 Å². The van der Waals surface area contributed by atoms with E-state index in [4.69, 9.17) is 11.6 Å². The minimum atomic E-state index is -0.372. The highest BCUT2D eigenvalue weighted by atomic mass is 35.5. The molecule has 1 aliphatic heterocycles. The Bertz CT molecular complexity index is 419. The molecule has 0 N–H and O–H groups in total. The van der Waals surface area contributed by atoms with Crippen molar-refractivity contribution in [2.45, 2.75) is 4.90 Å². The Kier molecular flexibility index (Phi) is 2.17. The molecule has 0 fully saturated rings. The molecular weight excluding hydrogens is 212 g/mol. The Morgan fingerprint density at radius 3 is 2.83 bits per heavy atom. The Morgan fingerprint density at radius 2 is 2.08 bits per heavy atom. The van der Waals surface area contributed by atoms with Gasteiger partial charge in [0.25, 0.3) is 0 Å². The van der Waals surface area contributed by atoms with Gasteiger partial charge in [-0.3, -0.25) is 0 Å². The van der Waals surface area contributed by atoms with Crippen LogP contribution in [0.25, 0.3) is 5.03 Å². The second-order valence-electron chi connectivity index (χ2n) is 2.33. The van der Waals surface area contributed by atoms with E-state index in [9.17, 15) is 4.21 Å². The molecule has 62 valence electrons. The van der Waals surface area contributed by atoms with Crippen molar-refractivity contribution in [2.24, 2.45) is 0 Å². The third-order valence-corrected chi connectivity index (χ3v) is 4.74. The molecule has 0 bridgehead atoms. The summed E-state index contributed by atoms with van der Waals surface area (Å²) in [6.45, 7) is 0. The summed E-state index contributed by atoms with van der Waals surface area (Å²) in [4.78, 5) is 1.06. The van der Waals surface area contributed by atoms with Crippen LogP contribution in [0.5, 0.6) is 0 Å². The minimum Gasteiger partial charge on any atom is -0.205 e. The fraction of sp³-hybridized carbons (Fsp3) is 0. The van der Waals surface area contributed by atoms with Crippen molar-refractivity contribution < 1.29 is 4.21 Å².